The van der Waals surface area contributed by atoms with Gasteiger partial charge in [0.05, 0.1) is 18.9 Å². The first kappa shape index (κ1) is 20.9. The SMILES string of the molecule is COc1ccc(CNC(=O)C2(C)CCCN(C(=O)Cc3ccc(C)cc3)C2)cc1. The fourth-order valence-corrected chi connectivity index (χ4v) is 3.77. The van der Waals surface area contributed by atoms with Gasteiger partial charge in [0.25, 0.3) is 0 Å². The molecular weight excluding hydrogens is 364 g/mol. The summed E-state index contributed by atoms with van der Waals surface area (Å²) in [5.41, 5.74) is 2.65. The predicted molar refractivity (Wildman–Crippen MR) is 114 cm³/mol. The zero-order valence-electron chi connectivity index (χ0n) is 17.5. The van der Waals surface area contributed by atoms with E-state index < -0.39 is 5.41 Å². The Balaban J connectivity index is 1.57. The number of amides is 2. The summed E-state index contributed by atoms with van der Waals surface area (Å²) in [6, 6.07) is 15.7. The van der Waals surface area contributed by atoms with Crippen molar-refractivity contribution in [2.45, 2.75) is 39.7 Å². The highest BCUT2D eigenvalue weighted by Crippen LogP contribution is 2.30. The van der Waals surface area contributed by atoms with Gasteiger partial charge in [-0.3, -0.25) is 9.59 Å². The second-order valence-electron chi connectivity index (χ2n) is 8.17. The van der Waals surface area contributed by atoms with Crippen molar-refractivity contribution in [2.75, 3.05) is 20.2 Å². The normalized spacial score (nSPS) is 18.9. The third-order valence-electron chi connectivity index (χ3n) is 5.69. The van der Waals surface area contributed by atoms with Crippen LogP contribution in [0.25, 0.3) is 0 Å². The Hall–Kier alpha value is -2.82. The van der Waals surface area contributed by atoms with Crippen LogP contribution in [0.1, 0.15) is 36.5 Å². The molecule has 1 heterocycles. The second kappa shape index (κ2) is 9.12. The summed E-state index contributed by atoms with van der Waals surface area (Å²) in [6.45, 7) is 5.64. The van der Waals surface area contributed by atoms with Crippen molar-refractivity contribution in [1.29, 1.82) is 0 Å². The fourth-order valence-electron chi connectivity index (χ4n) is 3.77. The van der Waals surface area contributed by atoms with Crippen LogP contribution >= 0.6 is 0 Å². The van der Waals surface area contributed by atoms with Crippen molar-refractivity contribution in [3.63, 3.8) is 0 Å². The first-order valence-electron chi connectivity index (χ1n) is 10.1. The van der Waals surface area contributed by atoms with Crippen molar-refractivity contribution < 1.29 is 14.3 Å². The minimum atomic E-state index is -0.562. The Bertz CT molecular complexity index is 845. The maximum atomic E-state index is 12.9. The number of likely N-dealkylation sites (tertiary alicyclic amines) is 1. The average Bonchev–Trinajstić information content (AvgIpc) is 2.74. The number of benzene rings is 2. The summed E-state index contributed by atoms with van der Waals surface area (Å²) >= 11 is 0. The van der Waals surface area contributed by atoms with Crippen molar-refractivity contribution in [1.82, 2.24) is 10.2 Å². The van der Waals surface area contributed by atoms with Gasteiger partial charge in [0.2, 0.25) is 11.8 Å². The molecule has 1 aliphatic rings. The molecule has 3 rings (SSSR count). The molecule has 29 heavy (non-hydrogen) atoms. The van der Waals surface area contributed by atoms with Gasteiger partial charge in [-0.05, 0) is 49.9 Å². The lowest BCUT2D eigenvalue weighted by molar-refractivity contribution is -0.140. The lowest BCUT2D eigenvalue weighted by atomic mass is 9.80. The van der Waals surface area contributed by atoms with Crippen LogP contribution in [-0.2, 0) is 22.6 Å². The van der Waals surface area contributed by atoms with Gasteiger partial charge in [0, 0.05) is 19.6 Å². The maximum Gasteiger partial charge on any atom is 0.227 e. The van der Waals surface area contributed by atoms with Gasteiger partial charge in [-0.15, -0.1) is 0 Å². The molecule has 1 atom stereocenters. The monoisotopic (exact) mass is 394 g/mol. The highest BCUT2D eigenvalue weighted by molar-refractivity contribution is 5.84. The third-order valence-corrected chi connectivity index (χ3v) is 5.69. The molecule has 5 heteroatoms. The summed E-state index contributed by atoms with van der Waals surface area (Å²) in [5, 5.41) is 3.04. The quantitative estimate of drug-likeness (QED) is 0.816. The van der Waals surface area contributed by atoms with E-state index in [1.165, 1.54) is 5.56 Å². The minimum Gasteiger partial charge on any atom is -0.497 e. The van der Waals surface area contributed by atoms with Crippen LogP contribution in [0.5, 0.6) is 5.75 Å². The summed E-state index contributed by atoms with van der Waals surface area (Å²) < 4.78 is 5.16. The third kappa shape index (κ3) is 5.37. The molecule has 0 bridgehead atoms. The van der Waals surface area contributed by atoms with Gasteiger partial charge < -0.3 is 15.0 Å². The van der Waals surface area contributed by atoms with E-state index in [1.807, 2.05) is 67.3 Å². The van der Waals surface area contributed by atoms with E-state index in [-0.39, 0.29) is 11.8 Å². The molecule has 0 aliphatic carbocycles. The number of aryl methyl sites for hydroxylation is 1. The molecule has 154 valence electrons. The molecule has 1 unspecified atom stereocenters. The van der Waals surface area contributed by atoms with Crippen LogP contribution in [0.2, 0.25) is 0 Å². The highest BCUT2D eigenvalue weighted by Gasteiger charge is 2.39. The van der Waals surface area contributed by atoms with E-state index in [2.05, 4.69) is 5.32 Å². The Kier molecular flexibility index (Phi) is 6.57. The Morgan fingerprint density at radius 3 is 2.38 bits per heavy atom. The molecule has 1 fully saturated rings. The first-order valence-corrected chi connectivity index (χ1v) is 10.1. The predicted octanol–water partition coefficient (Wildman–Crippen LogP) is 3.49. The maximum absolute atomic E-state index is 12.9. The van der Waals surface area contributed by atoms with Crippen molar-refractivity contribution in [3.8, 4) is 5.75 Å². The molecule has 0 saturated carbocycles. The largest absolute Gasteiger partial charge is 0.497 e. The van der Waals surface area contributed by atoms with Crippen LogP contribution in [0.3, 0.4) is 0 Å². The number of piperidine rings is 1. The van der Waals surface area contributed by atoms with Gasteiger partial charge in [-0.1, -0.05) is 42.0 Å². The topological polar surface area (TPSA) is 58.6 Å². The number of carbonyl (C=O) groups excluding carboxylic acids is 2. The number of hydrogen-bond donors (Lipinski definition) is 1. The number of nitrogens with one attached hydrogen (secondary N) is 1. The van der Waals surface area contributed by atoms with Gasteiger partial charge in [-0.2, -0.15) is 0 Å². The highest BCUT2D eigenvalue weighted by atomic mass is 16.5. The molecule has 2 aromatic rings. The van der Waals surface area contributed by atoms with Gasteiger partial charge in [0.1, 0.15) is 5.75 Å². The minimum absolute atomic E-state index is 0.00107. The number of methoxy groups -OCH3 is 1. The molecule has 0 radical (unpaired) electrons. The Morgan fingerprint density at radius 1 is 1.07 bits per heavy atom. The van der Waals surface area contributed by atoms with Crippen LogP contribution in [0.4, 0.5) is 0 Å². The van der Waals surface area contributed by atoms with Crippen molar-refractivity contribution in [3.05, 3.63) is 65.2 Å². The smallest absolute Gasteiger partial charge is 0.227 e. The molecular formula is C24H30N2O3. The van der Waals surface area contributed by atoms with Crippen LogP contribution in [0, 0.1) is 12.3 Å². The van der Waals surface area contributed by atoms with Gasteiger partial charge in [0.15, 0.2) is 0 Å². The number of ether oxygens (including phenoxy) is 1. The molecule has 0 aromatic heterocycles. The van der Waals surface area contributed by atoms with Crippen molar-refractivity contribution in [2.24, 2.45) is 5.41 Å². The Labute approximate surface area is 173 Å². The summed E-state index contributed by atoms with van der Waals surface area (Å²) in [5.74, 6) is 0.880. The zero-order valence-corrected chi connectivity index (χ0v) is 17.5. The lowest BCUT2D eigenvalue weighted by Crippen LogP contribution is -2.52. The number of carbonyl (C=O) groups is 2. The average molecular weight is 395 g/mol. The van der Waals surface area contributed by atoms with Gasteiger partial charge >= 0.3 is 0 Å². The Morgan fingerprint density at radius 2 is 1.72 bits per heavy atom. The number of rotatable bonds is 6. The van der Waals surface area contributed by atoms with Crippen LogP contribution in [0.15, 0.2) is 48.5 Å². The van der Waals surface area contributed by atoms with E-state index in [0.29, 0.717) is 26.1 Å². The standard InChI is InChI=1S/C24H30N2O3/c1-18-5-7-19(8-6-18)15-22(27)26-14-4-13-24(2,17-26)23(28)25-16-20-9-11-21(29-3)12-10-20/h5-12H,4,13-17H2,1-3H3,(H,25,28). The number of nitrogens with zero attached hydrogens (tertiary/aromatic N) is 1. The van der Waals surface area contributed by atoms with Gasteiger partial charge in [-0.25, -0.2) is 0 Å². The van der Waals surface area contributed by atoms with E-state index in [9.17, 15) is 9.59 Å². The lowest BCUT2D eigenvalue weighted by Gasteiger charge is -2.39. The van der Waals surface area contributed by atoms with E-state index in [1.54, 1.807) is 7.11 Å². The molecule has 1 saturated heterocycles. The molecule has 0 spiro atoms. The fraction of sp³-hybridized carbons (Fsp3) is 0.417. The van der Waals surface area contributed by atoms with E-state index >= 15 is 0 Å². The second-order valence-corrected chi connectivity index (χ2v) is 8.17. The van der Waals surface area contributed by atoms with Crippen LogP contribution < -0.4 is 10.1 Å². The zero-order chi connectivity index (χ0) is 20.9. The van der Waals surface area contributed by atoms with E-state index in [4.69, 9.17) is 4.74 Å². The molecule has 2 amide bonds. The summed E-state index contributed by atoms with van der Waals surface area (Å²) in [6.07, 6.45) is 2.01. The first-order chi connectivity index (χ1) is 13.9. The molecule has 5 nitrogen and oxygen atoms in total. The molecule has 2 aromatic carbocycles. The number of hydrogen-bond acceptors (Lipinski definition) is 3. The summed E-state index contributed by atoms with van der Waals surface area (Å²) in [4.78, 5) is 27.5. The summed E-state index contributed by atoms with van der Waals surface area (Å²) in [7, 11) is 1.63. The molecule has 1 aliphatic heterocycles. The van der Waals surface area contributed by atoms with Crippen molar-refractivity contribution >= 4 is 11.8 Å². The molecule has 1 N–H and O–H groups in total. The van der Waals surface area contributed by atoms with Crippen LogP contribution in [-0.4, -0.2) is 36.9 Å². The van der Waals surface area contributed by atoms with E-state index in [0.717, 1.165) is 29.7 Å².